The highest BCUT2D eigenvalue weighted by molar-refractivity contribution is 5.69. The van der Waals surface area contributed by atoms with E-state index in [-0.39, 0.29) is 18.5 Å². The first-order chi connectivity index (χ1) is 10.0. The van der Waals surface area contributed by atoms with Crippen LogP contribution in [0.5, 0.6) is 0 Å². The Hall–Kier alpha value is -1.30. The molecule has 0 bridgehead atoms. The number of aliphatic hydroxyl groups excluding tert-OH is 1. The van der Waals surface area contributed by atoms with Crippen molar-refractivity contribution < 1.29 is 24.2 Å². The van der Waals surface area contributed by atoms with Crippen LogP contribution in [0.25, 0.3) is 0 Å². The second kappa shape index (κ2) is 12.4. The first kappa shape index (κ1) is 19.7. The number of nitrogens with one attached hydrogen (secondary N) is 1. The lowest BCUT2D eigenvalue weighted by Gasteiger charge is -2.19. The van der Waals surface area contributed by atoms with Gasteiger partial charge in [0.25, 0.3) is 0 Å². The van der Waals surface area contributed by atoms with E-state index in [0.29, 0.717) is 13.0 Å². The molecule has 2 atom stereocenters. The number of esters is 1. The standard InChI is InChI=1S/C15H29NO5/c1-4-6-8-9-13(17)21-11-12(3)14(18)16-15(19)20-10-7-5-2/h12,14,18H,4-11H2,1-3H3,(H,16,19)/t12-,14?/m1/s1. The van der Waals surface area contributed by atoms with Crippen molar-refractivity contribution in [1.29, 1.82) is 0 Å². The predicted octanol–water partition coefficient (Wildman–Crippen LogP) is 2.59. The van der Waals surface area contributed by atoms with E-state index in [1.54, 1.807) is 6.92 Å². The second-order valence-corrected chi connectivity index (χ2v) is 5.20. The molecular weight excluding hydrogens is 274 g/mol. The van der Waals surface area contributed by atoms with E-state index in [1.807, 2.05) is 6.92 Å². The molecule has 1 unspecified atom stereocenters. The van der Waals surface area contributed by atoms with Crippen LogP contribution in [0.4, 0.5) is 4.79 Å². The van der Waals surface area contributed by atoms with Gasteiger partial charge in [-0.25, -0.2) is 4.79 Å². The van der Waals surface area contributed by atoms with Crippen LogP contribution >= 0.6 is 0 Å². The Balaban J connectivity index is 3.80. The zero-order chi connectivity index (χ0) is 16.1. The quantitative estimate of drug-likeness (QED) is 0.348. The summed E-state index contributed by atoms with van der Waals surface area (Å²) in [5, 5.41) is 12.1. The van der Waals surface area contributed by atoms with Gasteiger partial charge < -0.3 is 14.6 Å². The number of carbonyl (C=O) groups is 2. The van der Waals surface area contributed by atoms with Crippen molar-refractivity contribution in [2.75, 3.05) is 13.2 Å². The predicted molar refractivity (Wildman–Crippen MR) is 79.7 cm³/mol. The van der Waals surface area contributed by atoms with E-state index in [2.05, 4.69) is 12.2 Å². The Kier molecular flexibility index (Phi) is 11.7. The van der Waals surface area contributed by atoms with Crippen LogP contribution in [0.15, 0.2) is 0 Å². The highest BCUT2D eigenvalue weighted by Gasteiger charge is 2.19. The summed E-state index contributed by atoms with van der Waals surface area (Å²) in [5.41, 5.74) is 0. The van der Waals surface area contributed by atoms with E-state index in [4.69, 9.17) is 9.47 Å². The molecule has 0 saturated carbocycles. The molecule has 0 aromatic rings. The van der Waals surface area contributed by atoms with Gasteiger partial charge in [-0.05, 0) is 12.8 Å². The van der Waals surface area contributed by atoms with Gasteiger partial charge in [-0.2, -0.15) is 0 Å². The number of amides is 1. The molecule has 0 fully saturated rings. The molecule has 0 aromatic heterocycles. The molecule has 0 heterocycles. The Morgan fingerprint density at radius 2 is 1.76 bits per heavy atom. The summed E-state index contributed by atoms with van der Waals surface area (Å²) < 4.78 is 9.94. The molecule has 0 rings (SSSR count). The molecule has 0 aliphatic rings. The van der Waals surface area contributed by atoms with E-state index in [1.165, 1.54) is 0 Å². The Morgan fingerprint density at radius 1 is 1.10 bits per heavy atom. The molecule has 0 saturated heterocycles. The lowest BCUT2D eigenvalue weighted by Crippen LogP contribution is -2.41. The zero-order valence-corrected chi connectivity index (χ0v) is 13.4. The summed E-state index contributed by atoms with van der Waals surface area (Å²) in [7, 11) is 0. The number of rotatable bonds is 11. The minimum absolute atomic E-state index is 0.0708. The maximum Gasteiger partial charge on any atom is 0.409 e. The van der Waals surface area contributed by atoms with Crippen LogP contribution in [0.2, 0.25) is 0 Å². The summed E-state index contributed by atoms with van der Waals surface area (Å²) in [6, 6.07) is 0. The van der Waals surface area contributed by atoms with Crippen LogP contribution in [-0.4, -0.2) is 36.6 Å². The van der Waals surface area contributed by atoms with Gasteiger partial charge in [-0.1, -0.05) is 40.0 Å². The van der Waals surface area contributed by atoms with Crippen molar-refractivity contribution in [2.24, 2.45) is 5.92 Å². The number of unbranched alkanes of at least 4 members (excludes halogenated alkanes) is 3. The molecule has 124 valence electrons. The third-order valence-corrected chi connectivity index (χ3v) is 3.03. The summed E-state index contributed by atoms with van der Waals surface area (Å²) in [5.74, 6) is -0.660. The van der Waals surface area contributed by atoms with Crippen LogP contribution in [-0.2, 0) is 14.3 Å². The van der Waals surface area contributed by atoms with Crippen LogP contribution in [0.3, 0.4) is 0 Å². The third-order valence-electron chi connectivity index (χ3n) is 3.03. The van der Waals surface area contributed by atoms with Crippen molar-refractivity contribution in [1.82, 2.24) is 5.32 Å². The molecule has 2 N–H and O–H groups in total. The molecular formula is C15H29NO5. The molecule has 0 aromatic carbocycles. The summed E-state index contributed by atoms with van der Waals surface area (Å²) in [4.78, 5) is 22.8. The third kappa shape index (κ3) is 11.1. The SMILES string of the molecule is CCCCCC(=O)OC[C@@H](C)C(O)NC(=O)OCCCC. The fraction of sp³-hybridized carbons (Fsp3) is 0.867. The number of ether oxygens (including phenoxy) is 2. The number of alkyl carbamates (subject to hydrolysis) is 1. The smallest absolute Gasteiger partial charge is 0.409 e. The normalized spacial score (nSPS) is 13.3. The lowest BCUT2D eigenvalue weighted by atomic mass is 10.1. The first-order valence-corrected chi connectivity index (χ1v) is 7.78. The van der Waals surface area contributed by atoms with Gasteiger partial charge in [0.1, 0.15) is 6.23 Å². The largest absolute Gasteiger partial charge is 0.465 e. The molecule has 0 aliphatic heterocycles. The topological polar surface area (TPSA) is 84.9 Å². The molecule has 21 heavy (non-hydrogen) atoms. The van der Waals surface area contributed by atoms with E-state index < -0.39 is 12.3 Å². The van der Waals surface area contributed by atoms with Gasteiger partial charge in [-0.3, -0.25) is 10.1 Å². The molecule has 6 nitrogen and oxygen atoms in total. The molecule has 1 amide bonds. The molecule has 0 radical (unpaired) electrons. The number of hydrogen-bond donors (Lipinski definition) is 2. The summed E-state index contributed by atoms with van der Waals surface area (Å²) in [6.07, 6.45) is 3.22. The van der Waals surface area contributed by atoms with Crippen LogP contribution in [0, 0.1) is 5.92 Å². The summed E-state index contributed by atoms with van der Waals surface area (Å²) >= 11 is 0. The van der Waals surface area contributed by atoms with Gasteiger partial charge >= 0.3 is 12.1 Å². The van der Waals surface area contributed by atoms with Gasteiger partial charge in [-0.15, -0.1) is 0 Å². The summed E-state index contributed by atoms with van der Waals surface area (Å²) in [6.45, 7) is 6.15. The Bertz CT molecular complexity index is 296. The molecule has 6 heteroatoms. The highest BCUT2D eigenvalue weighted by Crippen LogP contribution is 2.05. The van der Waals surface area contributed by atoms with Crippen molar-refractivity contribution in [3.05, 3.63) is 0 Å². The van der Waals surface area contributed by atoms with Crippen molar-refractivity contribution in [2.45, 2.75) is 65.5 Å². The maximum absolute atomic E-state index is 11.4. The minimum Gasteiger partial charge on any atom is -0.465 e. The van der Waals surface area contributed by atoms with Gasteiger partial charge in [0, 0.05) is 12.3 Å². The number of hydrogen-bond acceptors (Lipinski definition) is 5. The number of carbonyl (C=O) groups excluding carboxylic acids is 2. The van der Waals surface area contributed by atoms with E-state index in [0.717, 1.165) is 32.1 Å². The van der Waals surface area contributed by atoms with Gasteiger partial charge in [0.05, 0.1) is 13.2 Å². The molecule has 0 spiro atoms. The Labute approximate surface area is 127 Å². The fourth-order valence-corrected chi connectivity index (χ4v) is 1.52. The average Bonchev–Trinajstić information content (AvgIpc) is 2.45. The molecule has 0 aliphatic carbocycles. The van der Waals surface area contributed by atoms with E-state index in [9.17, 15) is 14.7 Å². The minimum atomic E-state index is -1.09. The maximum atomic E-state index is 11.4. The van der Waals surface area contributed by atoms with Crippen LogP contribution < -0.4 is 5.32 Å². The fourth-order valence-electron chi connectivity index (χ4n) is 1.52. The average molecular weight is 303 g/mol. The van der Waals surface area contributed by atoms with Crippen molar-refractivity contribution in [3.63, 3.8) is 0 Å². The van der Waals surface area contributed by atoms with Crippen molar-refractivity contribution in [3.8, 4) is 0 Å². The second-order valence-electron chi connectivity index (χ2n) is 5.20. The number of aliphatic hydroxyl groups is 1. The first-order valence-electron chi connectivity index (χ1n) is 7.78. The Morgan fingerprint density at radius 3 is 2.38 bits per heavy atom. The van der Waals surface area contributed by atoms with Crippen LogP contribution in [0.1, 0.15) is 59.3 Å². The van der Waals surface area contributed by atoms with Crippen molar-refractivity contribution >= 4 is 12.1 Å². The van der Waals surface area contributed by atoms with Gasteiger partial charge in [0.15, 0.2) is 0 Å². The van der Waals surface area contributed by atoms with E-state index >= 15 is 0 Å². The zero-order valence-electron chi connectivity index (χ0n) is 13.4. The highest BCUT2D eigenvalue weighted by atomic mass is 16.6. The monoisotopic (exact) mass is 303 g/mol. The lowest BCUT2D eigenvalue weighted by molar-refractivity contribution is -0.146. The van der Waals surface area contributed by atoms with Gasteiger partial charge in [0.2, 0.25) is 0 Å².